The van der Waals surface area contributed by atoms with Crippen molar-refractivity contribution in [2.24, 2.45) is 11.8 Å². The first-order chi connectivity index (χ1) is 13.9. The molecule has 158 valence electrons. The number of nitrogen functional groups attached to an aromatic ring is 1. The normalized spacial score (nSPS) is 23.6. The summed E-state index contributed by atoms with van der Waals surface area (Å²) in [6.45, 7) is 3.54. The van der Waals surface area contributed by atoms with Crippen LogP contribution in [0.15, 0.2) is 0 Å². The van der Waals surface area contributed by atoms with Crippen molar-refractivity contribution >= 4 is 28.3 Å². The number of imide groups is 1. The highest BCUT2D eigenvalue weighted by Crippen LogP contribution is 2.42. The SMILES string of the molecule is CCN(C(=O)NCCOC)C(=O)[C@@H]1C[C@@H]2Cc3c(sc(N)c3C#N)C[C@H]2N(C)C1. The molecule has 0 spiro atoms. The van der Waals surface area contributed by atoms with Crippen molar-refractivity contribution < 1.29 is 14.3 Å². The number of carbonyl (C=O) groups is 2. The van der Waals surface area contributed by atoms with E-state index in [1.54, 1.807) is 7.11 Å². The van der Waals surface area contributed by atoms with E-state index in [1.165, 1.54) is 21.1 Å². The molecule has 2 aliphatic rings. The van der Waals surface area contributed by atoms with Crippen molar-refractivity contribution in [2.75, 3.05) is 46.1 Å². The molecule has 3 N–H and O–H groups in total. The van der Waals surface area contributed by atoms with Gasteiger partial charge in [-0.25, -0.2) is 4.79 Å². The van der Waals surface area contributed by atoms with E-state index in [1.807, 2.05) is 14.0 Å². The molecule has 0 saturated carbocycles. The number of urea groups is 1. The van der Waals surface area contributed by atoms with Crippen molar-refractivity contribution in [3.05, 3.63) is 16.0 Å². The lowest BCUT2D eigenvalue weighted by molar-refractivity contribution is -0.135. The molecule has 1 saturated heterocycles. The van der Waals surface area contributed by atoms with E-state index in [0.29, 0.717) is 42.8 Å². The van der Waals surface area contributed by atoms with E-state index in [2.05, 4.69) is 16.3 Å². The Hall–Kier alpha value is -2.15. The highest BCUT2D eigenvalue weighted by molar-refractivity contribution is 7.16. The van der Waals surface area contributed by atoms with E-state index in [0.717, 1.165) is 24.8 Å². The van der Waals surface area contributed by atoms with Gasteiger partial charge in [-0.05, 0) is 44.7 Å². The van der Waals surface area contributed by atoms with Crippen LogP contribution in [0.2, 0.25) is 0 Å². The molecule has 3 rings (SSSR count). The second-order valence-electron chi connectivity index (χ2n) is 7.77. The molecule has 0 unspecified atom stereocenters. The van der Waals surface area contributed by atoms with Gasteiger partial charge in [-0.2, -0.15) is 5.26 Å². The summed E-state index contributed by atoms with van der Waals surface area (Å²) in [6.07, 6.45) is 2.34. The Morgan fingerprint density at radius 1 is 1.45 bits per heavy atom. The maximum Gasteiger partial charge on any atom is 0.324 e. The topological polar surface area (TPSA) is 112 Å². The Balaban J connectivity index is 1.73. The van der Waals surface area contributed by atoms with Crippen LogP contribution in [0.4, 0.5) is 9.80 Å². The number of ether oxygens (including phenoxy) is 1. The minimum Gasteiger partial charge on any atom is -0.389 e. The minimum absolute atomic E-state index is 0.135. The van der Waals surface area contributed by atoms with Gasteiger partial charge in [0.25, 0.3) is 0 Å². The molecule has 1 aromatic rings. The van der Waals surface area contributed by atoms with Gasteiger partial charge in [-0.3, -0.25) is 9.69 Å². The minimum atomic E-state index is -0.373. The number of nitriles is 1. The number of methoxy groups -OCH3 is 1. The monoisotopic (exact) mass is 419 g/mol. The molecule has 0 aromatic carbocycles. The number of likely N-dealkylation sites (tertiary alicyclic amines) is 1. The third kappa shape index (κ3) is 4.25. The number of piperidine rings is 1. The Morgan fingerprint density at radius 3 is 2.86 bits per heavy atom. The first kappa shape index (κ1) is 21.6. The summed E-state index contributed by atoms with van der Waals surface area (Å²) in [5.41, 5.74) is 7.70. The molecule has 1 aliphatic heterocycles. The highest BCUT2D eigenvalue weighted by Gasteiger charge is 2.42. The molecule has 1 aromatic heterocycles. The summed E-state index contributed by atoms with van der Waals surface area (Å²) >= 11 is 1.52. The number of hydrogen-bond acceptors (Lipinski definition) is 7. The summed E-state index contributed by atoms with van der Waals surface area (Å²) in [4.78, 5) is 30.3. The summed E-state index contributed by atoms with van der Waals surface area (Å²) in [6, 6.07) is 2.21. The fourth-order valence-electron chi connectivity index (χ4n) is 4.63. The van der Waals surface area contributed by atoms with Gasteiger partial charge >= 0.3 is 6.03 Å². The van der Waals surface area contributed by atoms with E-state index in [4.69, 9.17) is 10.5 Å². The van der Waals surface area contributed by atoms with Crippen LogP contribution < -0.4 is 11.1 Å². The fraction of sp³-hybridized carbons (Fsp3) is 0.650. The van der Waals surface area contributed by atoms with Crippen molar-refractivity contribution in [2.45, 2.75) is 32.2 Å². The number of amides is 3. The number of carbonyl (C=O) groups excluding carboxylic acids is 2. The molecule has 3 amide bonds. The fourth-order valence-corrected chi connectivity index (χ4v) is 5.72. The number of thiophene rings is 1. The van der Waals surface area contributed by atoms with E-state index < -0.39 is 0 Å². The molecule has 1 aliphatic carbocycles. The lowest BCUT2D eigenvalue weighted by Crippen LogP contribution is -2.55. The predicted molar refractivity (Wildman–Crippen MR) is 112 cm³/mol. The van der Waals surface area contributed by atoms with Crippen LogP contribution in [0, 0.1) is 23.2 Å². The van der Waals surface area contributed by atoms with E-state index >= 15 is 0 Å². The van der Waals surface area contributed by atoms with Gasteiger partial charge in [0.2, 0.25) is 5.91 Å². The average Bonchev–Trinajstić information content (AvgIpc) is 3.01. The second-order valence-corrected chi connectivity index (χ2v) is 8.91. The molecule has 2 heterocycles. The first-order valence-electron chi connectivity index (χ1n) is 9.99. The number of fused-ring (bicyclic) bond motifs is 2. The van der Waals surface area contributed by atoms with Crippen LogP contribution in [0.3, 0.4) is 0 Å². The van der Waals surface area contributed by atoms with Crippen molar-refractivity contribution in [3.8, 4) is 6.07 Å². The summed E-state index contributed by atoms with van der Waals surface area (Å²) < 4.78 is 4.95. The van der Waals surface area contributed by atoms with Crippen LogP contribution in [0.5, 0.6) is 0 Å². The molecule has 29 heavy (non-hydrogen) atoms. The zero-order valence-electron chi connectivity index (χ0n) is 17.2. The summed E-state index contributed by atoms with van der Waals surface area (Å²) in [5, 5.41) is 12.8. The van der Waals surface area contributed by atoms with Crippen LogP contribution >= 0.6 is 11.3 Å². The van der Waals surface area contributed by atoms with E-state index in [-0.39, 0.29) is 23.8 Å². The average molecular weight is 420 g/mol. The Bertz CT molecular complexity index is 818. The van der Waals surface area contributed by atoms with Gasteiger partial charge in [-0.15, -0.1) is 11.3 Å². The zero-order chi connectivity index (χ0) is 21.1. The lowest BCUT2D eigenvalue weighted by atomic mass is 9.74. The molecule has 9 heteroatoms. The number of rotatable bonds is 5. The lowest BCUT2D eigenvalue weighted by Gasteiger charge is -2.45. The van der Waals surface area contributed by atoms with Gasteiger partial charge in [0.1, 0.15) is 11.1 Å². The Labute approximate surface area is 175 Å². The quantitative estimate of drug-likeness (QED) is 0.699. The predicted octanol–water partition coefficient (Wildman–Crippen LogP) is 1.44. The molecular weight excluding hydrogens is 390 g/mol. The van der Waals surface area contributed by atoms with Gasteiger partial charge in [0.05, 0.1) is 18.1 Å². The van der Waals surface area contributed by atoms with Gasteiger partial charge in [0.15, 0.2) is 0 Å². The Morgan fingerprint density at radius 2 is 2.21 bits per heavy atom. The standard InChI is InChI=1S/C20H29N5O3S/c1-4-25(20(27)23-5-6-28-3)19(26)13-7-12-8-14-15(10-21)18(22)29-17(14)9-16(12)24(2)11-13/h12-13,16H,4-9,11,22H2,1-3H3,(H,23,27)/t12-,13-,16-/m1/s1. The summed E-state index contributed by atoms with van der Waals surface area (Å²) in [7, 11) is 3.61. The highest BCUT2D eigenvalue weighted by atomic mass is 32.1. The molecule has 1 fully saturated rings. The largest absolute Gasteiger partial charge is 0.389 e. The van der Waals surface area contributed by atoms with Gasteiger partial charge in [-0.1, -0.05) is 0 Å². The third-order valence-corrected chi connectivity index (χ3v) is 7.14. The van der Waals surface area contributed by atoms with E-state index in [9.17, 15) is 14.9 Å². The third-order valence-electron chi connectivity index (χ3n) is 6.06. The van der Waals surface area contributed by atoms with Gasteiger partial charge < -0.3 is 20.7 Å². The zero-order valence-corrected chi connectivity index (χ0v) is 18.1. The number of nitrogens with zero attached hydrogens (tertiary/aromatic N) is 3. The summed E-state index contributed by atoms with van der Waals surface area (Å²) in [5.74, 6) is -0.104. The van der Waals surface area contributed by atoms with Gasteiger partial charge in [0, 0.05) is 37.7 Å². The van der Waals surface area contributed by atoms with Crippen LogP contribution in [-0.2, 0) is 22.4 Å². The number of likely N-dealkylation sites (N-methyl/N-ethyl adjacent to an activating group) is 1. The number of nitrogens with one attached hydrogen (secondary N) is 1. The first-order valence-corrected chi connectivity index (χ1v) is 10.8. The maximum atomic E-state index is 13.1. The second kappa shape index (κ2) is 9.11. The molecule has 3 atom stereocenters. The molecule has 8 nitrogen and oxygen atoms in total. The molecule has 0 bridgehead atoms. The van der Waals surface area contributed by atoms with Crippen LogP contribution in [0.25, 0.3) is 0 Å². The maximum absolute atomic E-state index is 13.1. The smallest absolute Gasteiger partial charge is 0.324 e. The molecule has 0 radical (unpaired) electrons. The molecular formula is C20H29N5O3S. The number of hydrogen-bond donors (Lipinski definition) is 2. The van der Waals surface area contributed by atoms with Crippen molar-refractivity contribution in [3.63, 3.8) is 0 Å². The number of nitrogens with two attached hydrogens (primary N) is 1. The van der Waals surface area contributed by atoms with Crippen LogP contribution in [0.1, 0.15) is 29.3 Å². The Kier molecular flexibility index (Phi) is 6.77. The van der Waals surface area contributed by atoms with Crippen molar-refractivity contribution in [1.29, 1.82) is 5.26 Å². The van der Waals surface area contributed by atoms with Crippen LogP contribution in [-0.4, -0.2) is 68.2 Å². The van der Waals surface area contributed by atoms with Crippen molar-refractivity contribution in [1.82, 2.24) is 15.1 Å². The number of anilines is 1.